The predicted molar refractivity (Wildman–Crippen MR) is 177 cm³/mol. The van der Waals surface area contributed by atoms with Crippen LogP contribution in [0.15, 0.2) is 71.1 Å². The fourth-order valence-corrected chi connectivity index (χ4v) is 5.89. The van der Waals surface area contributed by atoms with E-state index in [0.717, 1.165) is 57.0 Å². The molecule has 244 valence electrons. The van der Waals surface area contributed by atoms with Crippen molar-refractivity contribution in [3.8, 4) is 5.75 Å². The van der Waals surface area contributed by atoms with Crippen LogP contribution in [0.4, 0.5) is 16.2 Å². The molecular formula is C33H44ClN5O6. The number of amides is 2. The molecule has 2 heterocycles. The van der Waals surface area contributed by atoms with Crippen LogP contribution in [-0.4, -0.2) is 83.5 Å². The first-order valence-electron chi connectivity index (χ1n) is 14.9. The second-order valence-electron chi connectivity index (χ2n) is 10.8. The zero-order valence-corrected chi connectivity index (χ0v) is 27.4. The van der Waals surface area contributed by atoms with Crippen LogP contribution in [0.3, 0.4) is 0 Å². The van der Waals surface area contributed by atoms with E-state index in [2.05, 4.69) is 31.8 Å². The molecule has 11 nitrogen and oxygen atoms in total. The van der Waals surface area contributed by atoms with Crippen LogP contribution in [0.2, 0.25) is 0 Å². The van der Waals surface area contributed by atoms with Crippen LogP contribution in [0.5, 0.6) is 5.75 Å². The number of benzene rings is 2. The summed E-state index contributed by atoms with van der Waals surface area (Å²) < 4.78 is 15.6. The molecule has 3 N–H and O–H groups in total. The number of para-hydroxylation sites is 2. The number of urea groups is 1. The number of methoxy groups -OCH3 is 3. The standard InChI is InChI=1S/C33H43N5O6.ClH/c1-22-28(31(39)43-4)30(29(23(2)35-22)32(40)44-5)24-11-8-12-25(21-24)36-33(41)34-15-9-16-37-17-10-18-38(20-19-37)26-13-6-7-14-27(26)42-3;/h6-8,11-14,21,30,35H,9-10,15-20H2,1-5H3,(H2,34,36,41);1H. The number of hydrogen-bond donors (Lipinski definition) is 3. The van der Waals surface area contributed by atoms with Gasteiger partial charge in [-0.2, -0.15) is 0 Å². The molecule has 0 aliphatic carbocycles. The van der Waals surface area contributed by atoms with Gasteiger partial charge >= 0.3 is 18.0 Å². The highest BCUT2D eigenvalue weighted by Crippen LogP contribution is 2.39. The number of nitrogens with zero attached hydrogens (tertiary/aromatic N) is 2. The van der Waals surface area contributed by atoms with Gasteiger partial charge < -0.3 is 40.0 Å². The second kappa shape index (κ2) is 16.7. The number of rotatable bonds is 10. The van der Waals surface area contributed by atoms with Crippen LogP contribution in [0, 0.1) is 0 Å². The Kier molecular flexibility index (Phi) is 13.1. The summed E-state index contributed by atoms with van der Waals surface area (Å²) in [4.78, 5) is 43.2. The van der Waals surface area contributed by atoms with Crippen molar-refractivity contribution in [1.82, 2.24) is 15.5 Å². The number of ether oxygens (including phenoxy) is 3. The van der Waals surface area contributed by atoms with Crippen LogP contribution in [0.1, 0.15) is 38.2 Å². The van der Waals surface area contributed by atoms with Gasteiger partial charge in [-0.1, -0.05) is 24.3 Å². The van der Waals surface area contributed by atoms with E-state index >= 15 is 0 Å². The second-order valence-corrected chi connectivity index (χ2v) is 10.8. The number of halogens is 1. The van der Waals surface area contributed by atoms with Gasteiger partial charge in [-0.05, 0) is 69.6 Å². The minimum atomic E-state index is -0.728. The summed E-state index contributed by atoms with van der Waals surface area (Å²) in [5.41, 5.74) is 4.08. The van der Waals surface area contributed by atoms with Crippen molar-refractivity contribution in [2.75, 3.05) is 70.8 Å². The highest BCUT2D eigenvalue weighted by molar-refractivity contribution is 6.00. The van der Waals surface area contributed by atoms with E-state index in [9.17, 15) is 14.4 Å². The third kappa shape index (κ3) is 8.70. The zero-order valence-electron chi connectivity index (χ0n) is 26.6. The first kappa shape index (κ1) is 35.3. The molecule has 0 atom stereocenters. The predicted octanol–water partition coefficient (Wildman–Crippen LogP) is 4.42. The maximum absolute atomic E-state index is 12.8. The molecule has 1 fully saturated rings. The van der Waals surface area contributed by atoms with E-state index < -0.39 is 17.9 Å². The molecule has 0 spiro atoms. The average molecular weight is 642 g/mol. The molecule has 2 aliphatic heterocycles. The average Bonchev–Trinajstić information content (AvgIpc) is 3.27. The summed E-state index contributed by atoms with van der Waals surface area (Å²) in [6.45, 7) is 8.76. The Balaban J connectivity index is 0.00000552. The third-order valence-electron chi connectivity index (χ3n) is 8.00. The van der Waals surface area contributed by atoms with Crippen LogP contribution < -0.4 is 25.6 Å². The molecule has 0 bridgehead atoms. The highest BCUT2D eigenvalue weighted by atomic mass is 35.5. The number of esters is 2. The summed E-state index contributed by atoms with van der Waals surface area (Å²) >= 11 is 0. The molecule has 0 saturated carbocycles. The van der Waals surface area contributed by atoms with Crippen molar-refractivity contribution >= 4 is 41.8 Å². The molecule has 4 rings (SSSR count). The maximum Gasteiger partial charge on any atom is 0.336 e. The lowest BCUT2D eigenvalue weighted by Gasteiger charge is -2.30. The van der Waals surface area contributed by atoms with Crippen molar-refractivity contribution in [2.24, 2.45) is 0 Å². The Morgan fingerprint density at radius 3 is 2.24 bits per heavy atom. The number of dihydropyridines is 1. The van der Waals surface area contributed by atoms with E-state index in [0.29, 0.717) is 40.3 Å². The minimum Gasteiger partial charge on any atom is -0.495 e. The highest BCUT2D eigenvalue weighted by Gasteiger charge is 2.37. The summed E-state index contributed by atoms with van der Waals surface area (Å²) in [6.07, 6.45) is 1.87. The molecular weight excluding hydrogens is 598 g/mol. The fourth-order valence-electron chi connectivity index (χ4n) is 5.89. The lowest BCUT2D eigenvalue weighted by molar-refractivity contribution is -0.137. The number of hydrogen-bond acceptors (Lipinski definition) is 9. The fraction of sp³-hybridized carbons (Fsp3) is 0.424. The molecule has 2 aromatic carbocycles. The lowest BCUT2D eigenvalue weighted by atomic mass is 9.80. The number of anilines is 2. The van der Waals surface area contributed by atoms with E-state index in [-0.39, 0.29) is 18.4 Å². The Labute approximate surface area is 271 Å². The number of nitrogens with one attached hydrogen (secondary N) is 3. The van der Waals surface area contributed by atoms with Crippen molar-refractivity contribution < 1.29 is 28.6 Å². The van der Waals surface area contributed by atoms with Gasteiger partial charge in [0, 0.05) is 43.3 Å². The van der Waals surface area contributed by atoms with Gasteiger partial charge in [0.1, 0.15) is 5.75 Å². The minimum absolute atomic E-state index is 0. The van der Waals surface area contributed by atoms with E-state index in [1.807, 2.05) is 24.3 Å². The van der Waals surface area contributed by atoms with Gasteiger partial charge in [0.15, 0.2) is 0 Å². The van der Waals surface area contributed by atoms with Crippen LogP contribution >= 0.6 is 12.4 Å². The Morgan fingerprint density at radius 2 is 1.58 bits per heavy atom. The topological polar surface area (TPSA) is 121 Å². The molecule has 0 radical (unpaired) electrons. The van der Waals surface area contributed by atoms with E-state index in [1.54, 1.807) is 39.2 Å². The zero-order chi connectivity index (χ0) is 31.6. The molecule has 2 aliphatic rings. The molecule has 45 heavy (non-hydrogen) atoms. The normalized spacial score (nSPS) is 15.8. The van der Waals surface area contributed by atoms with Crippen LogP contribution in [0.25, 0.3) is 0 Å². The number of carbonyl (C=O) groups excluding carboxylic acids is 3. The third-order valence-corrected chi connectivity index (χ3v) is 8.00. The molecule has 0 unspecified atom stereocenters. The largest absolute Gasteiger partial charge is 0.495 e. The van der Waals surface area contributed by atoms with E-state index in [4.69, 9.17) is 14.2 Å². The lowest BCUT2D eigenvalue weighted by Crippen LogP contribution is -2.34. The quantitative estimate of drug-likeness (QED) is 0.256. The molecule has 12 heteroatoms. The van der Waals surface area contributed by atoms with Crippen LogP contribution in [-0.2, 0) is 19.1 Å². The van der Waals surface area contributed by atoms with Crippen molar-refractivity contribution in [3.63, 3.8) is 0 Å². The van der Waals surface area contributed by atoms with Crippen molar-refractivity contribution in [3.05, 3.63) is 76.6 Å². The Hall–Kier alpha value is -4.22. The van der Waals surface area contributed by atoms with Gasteiger partial charge in [-0.15, -0.1) is 12.4 Å². The summed E-state index contributed by atoms with van der Waals surface area (Å²) in [5.74, 6) is -0.944. The van der Waals surface area contributed by atoms with E-state index in [1.165, 1.54) is 14.2 Å². The Morgan fingerprint density at radius 1 is 0.889 bits per heavy atom. The molecule has 2 aromatic rings. The Bertz CT molecular complexity index is 1390. The molecule has 1 saturated heterocycles. The van der Waals surface area contributed by atoms with Gasteiger partial charge in [0.05, 0.1) is 44.1 Å². The van der Waals surface area contributed by atoms with Gasteiger partial charge in [0.2, 0.25) is 0 Å². The van der Waals surface area contributed by atoms with Gasteiger partial charge in [-0.3, -0.25) is 0 Å². The number of carbonyl (C=O) groups is 3. The molecule has 2 amide bonds. The van der Waals surface area contributed by atoms with Crippen molar-refractivity contribution in [2.45, 2.75) is 32.6 Å². The summed E-state index contributed by atoms with van der Waals surface area (Å²) in [6, 6.07) is 14.9. The number of allylic oxidation sites excluding steroid dienone is 2. The maximum atomic E-state index is 12.8. The van der Waals surface area contributed by atoms with Gasteiger partial charge in [0.25, 0.3) is 0 Å². The van der Waals surface area contributed by atoms with Crippen molar-refractivity contribution in [1.29, 1.82) is 0 Å². The monoisotopic (exact) mass is 641 g/mol. The first-order valence-corrected chi connectivity index (χ1v) is 14.9. The summed E-state index contributed by atoms with van der Waals surface area (Å²) in [5, 5.41) is 8.92. The SMILES string of the molecule is COC(=O)C1=C(C)NC(C)=C(C(=O)OC)C1c1cccc(NC(=O)NCCCN2CCCN(c3ccccc3OC)CC2)c1.Cl. The first-order chi connectivity index (χ1) is 21.3. The van der Waals surface area contributed by atoms with Gasteiger partial charge in [-0.25, -0.2) is 14.4 Å². The molecule has 0 aromatic heterocycles. The smallest absolute Gasteiger partial charge is 0.336 e. The summed E-state index contributed by atoms with van der Waals surface area (Å²) in [7, 11) is 4.30.